The second-order valence-corrected chi connectivity index (χ2v) is 4.12. The van der Waals surface area contributed by atoms with Crippen LogP contribution < -0.4 is 5.32 Å². The standard InChI is InChI=1S/C8H12N4OS.ClH/c1-6-4-9-2-3-12(6)8(13)7-5-10-11-14-7;/h5-6,9H,2-4H2,1H3;1H/t6-;/m1./s1. The minimum Gasteiger partial charge on any atom is -0.333 e. The average Bonchev–Trinajstić information content (AvgIpc) is 2.70. The number of hydrogen-bond acceptors (Lipinski definition) is 5. The van der Waals surface area contributed by atoms with Crippen LogP contribution >= 0.6 is 23.9 Å². The van der Waals surface area contributed by atoms with Crippen molar-refractivity contribution in [2.45, 2.75) is 13.0 Å². The van der Waals surface area contributed by atoms with Crippen LogP contribution in [0.3, 0.4) is 0 Å². The molecule has 0 radical (unpaired) electrons. The van der Waals surface area contributed by atoms with Gasteiger partial charge in [-0.25, -0.2) is 0 Å². The number of aromatic nitrogens is 2. The van der Waals surface area contributed by atoms with E-state index < -0.39 is 0 Å². The Morgan fingerprint density at radius 2 is 2.53 bits per heavy atom. The lowest BCUT2D eigenvalue weighted by atomic mass is 10.2. The molecule has 1 fully saturated rings. The van der Waals surface area contributed by atoms with Crippen LogP contribution in [-0.4, -0.2) is 46.1 Å². The van der Waals surface area contributed by atoms with Crippen molar-refractivity contribution < 1.29 is 4.79 Å². The number of piperazine rings is 1. The number of rotatable bonds is 1. The molecule has 0 aromatic carbocycles. The first kappa shape index (κ1) is 12.4. The SMILES string of the molecule is C[C@@H]1CNCCN1C(=O)c1cnns1.Cl. The number of hydrogen-bond donors (Lipinski definition) is 1. The third kappa shape index (κ3) is 2.64. The number of carbonyl (C=O) groups excluding carboxylic acids is 1. The molecule has 0 unspecified atom stereocenters. The Morgan fingerprint density at radius 3 is 3.13 bits per heavy atom. The second kappa shape index (κ2) is 5.39. The van der Waals surface area contributed by atoms with Crippen molar-refractivity contribution in [1.29, 1.82) is 0 Å². The quantitative estimate of drug-likeness (QED) is 0.782. The Labute approximate surface area is 98.4 Å². The highest BCUT2D eigenvalue weighted by Crippen LogP contribution is 2.11. The molecule has 1 aromatic heterocycles. The maximum absolute atomic E-state index is 11.9. The van der Waals surface area contributed by atoms with E-state index in [4.69, 9.17) is 0 Å². The molecular weight excluding hydrogens is 236 g/mol. The van der Waals surface area contributed by atoms with Crippen LogP contribution in [0.2, 0.25) is 0 Å². The fourth-order valence-corrected chi connectivity index (χ4v) is 2.02. The number of nitrogens with one attached hydrogen (secondary N) is 1. The monoisotopic (exact) mass is 248 g/mol. The minimum absolute atomic E-state index is 0. The maximum Gasteiger partial charge on any atom is 0.267 e. The fourth-order valence-electron chi connectivity index (χ4n) is 1.55. The first-order chi connectivity index (χ1) is 6.79. The summed E-state index contributed by atoms with van der Waals surface area (Å²) in [6.07, 6.45) is 1.53. The van der Waals surface area contributed by atoms with Crippen LogP contribution in [0.1, 0.15) is 16.6 Å². The van der Waals surface area contributed by atoms with Gasteiger partial charge in [-0.2, -0.15) is 0 Å². The first-order valence-corrected chi connectivity index (χ1v) is 5.35. The topological polar surface area (TPSA) is 58.1 Å². The zero-order valence-electron chi connectivity index (χ0n) is 8.34. The Bertz CT molecular complexity index is 318. The van der Waals surface area contributed by atoms with Crippen molar-refractivity contribution in [3.63, 3.8) is 0 Å². The van der Waals surface area contributed by atoms with Gasteiger partial charge in [-0.3, -0.25) is 4.79 Å². The van der Waals surface area contributed by atoms with E-state index in [2.05, 4.69) is 14.9 Å². The van der Waals surface area contributed by atoms with Gasteiger partial charge in [0, 0.05) is 25.7 Å². The molecule has 1 N–H and O–H groups in total. The summed E-state index contributed by atoms with van der Waals surface area (Å²) in [6, 6.07) is 0.248. The molecular formula is C8H13ClN4OS. The molecule has 7 heteroatoms. The van der Waals surface area contributed by atoms with E-state index in [1.807, 2.05) is 11.8 Å². The molecule has 2 rings (SSSR count). The van der Waals surface area contributed by atoms with E-state index in [0.29, 0.717) is 4.88 Å². The van der Waals surface area contributed by atoms with Gasteiger partial charge in [0.1, 0.15) is 4.88 Å². The van der Waals surface area contributed by atoms with Crippen molar-refractivity contribution in [1.82, 2.24) is 19.8 Å². The summed E-state index contributed by atoms with van der Waals surface area (Å²) in [6.45, 7) is 4.52. The highest BCUT2D eigenvalue weighted by molar-refractivity contribution is 7.07. The van der Waals surface area contributed by atoms with Crippen molar-refractivity contribution in [3.05, 3.63) is 11.1 Å². The van der Waals surface area contributed by atoms with Crippen molar-refractivity contribution in [2.24, 2.45) is 0 Å². The summed E-state index contributed by atoms with van der Waals surface area (Å²) in [5, 5.41) is 6.91. The lowest BCUT2D eigenvalue weighted by molar-refractivity contribution is 0.0660. The summed E-state index contributed by atoms with van der Waals surface area (Å²) in [4.78, 5) is 14.4. The van der Waals surface area contributed by atoms with Crippen molar-refractivity contribution >= 4 is 29.8 Å². The Morgan fingerprint density at radius 1 is 1.73 bits per heavy atom. The molecule has 0 spiro atoms. The van der Waals surface area contributed by atoms with Crippen LogP contribution in [0.5, 0.6) is 0 Å². The predicted molar refractivity (Wildman–Crippen MR) is 60.5 cm³/mol. The minimum atomic E-state index is 0. The summed E-state index contributed by atoms with van der Waals surface area (Å²) < 4.78 is 3.69. The Kier molecular flexibility index (Phi) is 4.44. The van der Waals surface area contributed by atoms with Crippen LogP contribution in [0.4, 0.5) is 0 Å². The third-order valence-electron chi connectivity index (χ3n) is 2.33. The highest BCUT2D eigenvalue weighted by Gasteiger charge is 2.24. The van der Waals surface area contributed by atoms with E-state index >= 15 is 0 Å². The zero-order chi connectivity index (χ0) is 9.97. The highest BCUT2D eigenvalue weighted by atomic mass is 35.5. The van der Waals surface area contributed by atoms with E-state index in [0.717, 1.165) is 31.2 Å². The number of nitrogens with zero attached hydrogens (tertiary/aromatic N) is 3. The van der Waals surface area contributed by atoms with E-state index in [1.165, 1.54) is 6.20 Å². The lowest BCUT2D eigenvalue weighted by Gasteiger charge is -2.33. The van der Waals surface area contributed by atoms with Gasteiger partial charge in [0.25, 0.3) is 5.91 Å². The molecule has 0 saturated carbocycles. The van der Waals surface area contributed by atoms with Gasteiger partial charge < -0.3 is 10.2 Å². The van der Waals surface area contributed by atoms with E-state index in [9.17, 15) is 4.79 Å². The Balaban J connectivity index is 0.00000112. The Hall–Kier alpha value is -0.720. The molecule has 1 aromatic rings. The summed E-state index contributed by atoms with van der Waals surface area (Å²) in [5.41, 5.74) is 0. The second-order valence-electron chi connectivity index (χ2n) is 3.33. The van der Waals surface area contributed by atoms with Gasteiger partial charge in [-0.15, -0.1) is 17.5 Å². The van der Waals surface area contributed by atoms with Gasteiger partial charge in [0.15, 0.2) is 0 Å². The average molecular weight is 249 g/mol. The summed E-state index contributed by atoms with van der Waals surface area (Å²) in [5.74, 6) is 0.0500. The lowest BCUT2D eigenvalue weighted by Crippen LogP contribution is -2.52. The molecule has 0 aliphatic carbocycles. The zero-order valence-corrected chi connectivity index (χ0v) is 9.98. The molecule has 1 aliphatic rings. The molecule has 5 nitrogen and oxygen atoms in total. The predicted octanol–water partition coefficient (Wildman–Crippen LogP) is 0.394. The van der Waals surface area contributed by atoms with Crippen molar-refractivity contribution in [2.75, 3.05) is 19.6 Å². The summed E-state index contributed by atoms with van der Waals surface area (Å²) in [7, 11) is 0. The number of carbonyl (C=O) groups is 1. The van der Waals surface area contributed by atoms with E-state index in [1.54, 1.807) is 0 Å². The molecule has 1 amide bonds. The molecule has 15 heavy (non-hydrogen) atoms. The smallest absolute Gasteiger partial charge is 0.267 e. The van der Waals surface area contributed by atoms with Crippen LogP contribution in [0.25, 0.3) is 0 Å². The molecule has 2 heterocycles. The molecule has 84 valence electrons. The third-order valence-corrected chi connectivity index (χ3v) is 2.99. The molecule has 1 saturated heterocycles. The van der Waals surface area contributed by atoms with E-state index in [-0.39, 0.29) is 24.4 Å². The first-order valence-electron chi connectivity index (χ1n) is 4.58. The van der Waals surface area contributed by atoms with Crippen molar-refractivity contribution in [3.8, 4) is 0 Å². The normalized spacial score (nSPS) is 20.9. The largest absolute Gasteiger partial charge is 0.333 e. The van der Waals surface area contributed by atoms with Gasteiger partial charge in [-0.1, -0.05) is 4.49 Å². The van der Waals surface area contributed by atoms with Crippen LogP contribution in [-0.2, 0) is 0 Å². The molecule has 0 bridgehead atoms. The van der Waals surface area contributed by atoms with Crippen LogP contribution in [0, 0.1) is 0 Å². The number of amides is 1. The summed E-state index contributed by atoms with van der Waals surface area (Å²) >= 11 is 1.15. The van der Waals surface area contributed by atoms with Gasteiger partial charge >= 0.3 is 0 Å². The molecule has 1 atom stereocenters. The number of halogens is 1. The molecule has 1 aliphatic heterocycles. The van der Waals surface area contributed by atoms with Gasteiger partial charge in [-0.05, 0) is 18.5 Å². The van der Waals surface area contributed by atoms with Gasteiger partial charge in [0.2, 0.25) is 0 Å². The van der Waals surface area contributed by atoms with Crippen LogP contribution in [0.15, 0.2) is 6.20 Å². The maximum atomic E-state index is 11.9. The fraction of sp³-hybridized carbons (Fsp3) is 0.625. The van der Waals surface area contributed by atoms with Gasteiger partial charge in [0.05, 0.1) is 6.20 Å².